The highest BCUT2D eigenvalue weighted by atomic mass is 19.1. The molecule has 2 N–H and O–H groups in total. The summed E-state index contributed by atoms with van der Waals surface area (Å²) in [7, 11) is 0. The molecule has 1 heterocycles. The van der Waals surface area contributed by atoms with E-state index >= 15 is 0 Å². The number of aliphatic hydroxyl groups excluding tert-OH is 1. The minimum atomic E-state index is -0.722. The van der Waals surface area contributed by atoms with Crippen molar-refractivity contribution in [2.45, 2.75) is 70.4 Å². The zero-order valence-corrected chi connectivity index (χ0v) is 14.3. The Morgan fingerprint density at radius 1 is 1.35 bits per heavy atom. The molecule has 0 radical (unpaired) electrons. The molecule has 0 aliphatic heterocycles. The number of hydrogen-bond donors (Lipinski definition) is 2. The Morgan fingerprint density at radius 2 is 2.09 bits per heavy atom. The molecule has 0 saturated heterocycles. The molecule has 0 aromatic carbocycles. The summed E-state index contributed by atoms with van der Waals surface area (Å²) in [5, 5.41) is 13.7. The Hall–Kier alpha value is -1.00. The van der Waals surface area contributed by atoms with Gasteiger partial charge >= 0.3 is 0 Å². The highest BCUT2D eigenvalue weighted by molar-refractivity contribution is 5.14. The van der Waals surface area contributed by atoms with Crippen LogP contribution in [0.15, 0.2) is 18.5 Å². The van der Waals surface area contributed by atoms with Gasteiger partial charge in [0.05, 0.1) is 12.3 Å². The molecular weight excluding hydrogens is 291 g/mol. The first kappa shape index (κ1) is 16.8. The topological polar surface area (TPSA) is 45.1 Å². The third-order valence-corrected chi connectivity index (χ3v) is 5.85. The number of nitrogens with one attached hydrogen (secondary N) is 1. The lowest BCUT2D eigenvalue weighted by Crippen LogP contribution is -2.42. The van der Waals surface area contributed by atoms with Gasteiger partial charge in [0, 0.05) is 23.8 Å². The molecule has 3 rings (SSSR count). The van der Waals surface area contributed by atoms with E-state index in [2.05, 4.69) is 24.1 Å². The van der Waals surface area contributed by atoms with Gasteiger partial charge < -0.3 is 10.4 Å². The van der Waals surface area contributed by atoms with Crippen molar-refractivity contribution in [3.8, 4) is 0 Å². The van der Waals surface area contributed by atoms with Crippen molar-refractivity contribution >= 4 is 0 Å². The van der Waals surface area contributed by atoms with Gasteiger partial charge in [0.2, 0.25) is 0 Å². The van der Waals surface area contributed by atoms with E-state index in [4.69, 9.17) is 0 Å². The third kappa shape index (κ3) is 4.10. The van der Waals surface area contributed by atoms with Crippen LogP contribution in [0, 0.1) is 17.2 Å². The van der Waals surface area contributed by atoms with Gasteiger partial charge in [-0.3, -0.25) is 4.98 Å². The molecule has 3 nitrogen and oxygen atoms in total. The van der Waals surface area contributed by atoms with Gasteiger partial charge in [0.15, 0.2) is 0 Å². The van der Waals surface area contributed by atoms with E-state index in [0.717, 1.165) is 18.5 Å². The van der Waals surface area contributed by atoms with Crippen LogP contribution in [0.25, 0.3) is 0 Å². The van der Waals surface area contributed by atoms with E-state index in [1.54, 1.807) is 0 Å². The molecule has 2 fully saturated rings. The average Bonchev–Trinajstić information content (AvgIpc) is 3.15. The van der Waals surface area contributed by atoms with Crippen LogP contribution >= 0.6 is 0 Å². The summed E-state index contributed by atoms with van der Waals surface area (Å²) in [6, 6.07) is 1.35. The standard InChI is InChI=1S/C19H29FN2O/c1-18(2,9-15-10-19(15)6-4-3-5-7-19)22-13-17(23)14-8-16(20)12-21-11-14/h8,11-12,15,17,22-23H,3-7,9-10,13H2,1-2H3/t15-,17+/m1/s1. The summed E-state index contributed by atoms with van der Waals surface area (Å²) in [4.78, 5) is 3.80. The number of halogens is 1. The lowest BCUT2D eigenvalue weighted by molar-refractivity contribution is 0.155. The molecule has 0 unspecified atom stereocenters. The van der Waals surface area contributed by atoms with E-state index in [0.29, 0.717) is 17.5 Å². The minimum Gasteiger partial charge on any atom is -0.387 e. The maximum absolute atomic E-state index is 13.2. The highest BCUT2D eigenvalue weighted by Crippen LogP contribution is 2.63. The van der Waals surface area contributed by atoms with Crippen LogP contribution in [0.2, 0.25) is 0 Å². The number of pyridine rings is 1. The van der Waals surface area contributed by atoms with Crippen molar-refractivity contribution in [3.05, 3.63) is 29.8 Å². The molecule has 0 amide bonds. The van der Waals surface area contributed by atoms with Gasteiger partial charge in [0.1, 0.15) is 5.82 Å². The second-order valence-corrected chi connectivity index (χ2v) is 8.25. The van der Waals surface area contributed by atoms with Crippen molar-refractivity contribution < 1.29 is 9.50 Å². The number of hydrogen-bond acceptors (Lipinski definition) is 3. The molecule has 1 spiro atoms. The van der Waals surface area contributed by atoms with Crippen LogP contribution in [0.1, 0.15) is 70.5 Å². The first-order chi connectivity index (χ1) is 10.9. The number of β-amino-alcohol motifs (C(OH)–C–C–N with tert-alkyl or cyclic N) is 1. The zero-order valence-electron chi connectivity index (χ0n) is 14.3. The zero-order chi connectivity index (χ0) is 16.5. The van der Waals surface area contributed by atoms with E-state index in [1.165, 1.54) is 50.8 Å². The monoisotopic (exact) mass is 320 g/mol. The SMILES string of the molecule is CC(C)(C[C@@H]1CC12CCCCC2)NC[C@H](O)c1cncc(F)c1. The predicted molar refractivity (Wildman–Crippen MR) is 89.5 cm³/mol. The molecule has 0 bridgehead atoms. The minimum absolute atomic E-state index is 0.00660. The fourth-order valence-corrected chi connectivity index (χ4v) is 4.38. The number of aliphatic hydroxyl groups is 1. The maximum Gasteiger partial charge on any atom is 0.141 e. The van der Waals surface area contributed by atoms with Gasteiger partial charge in [-0.15, -0.1) is 0 Å². The second kappa shape index (κ2) is 6.48. The average molecular weight is 320 g/mol. The Balaban J connectivity index is 1.49. The van der Waals surface area contributed by atoms with E-state index in [9.17, 15) is 9.50 Å². The van der Waals surface area contributed by atoms with Crippen LogP contribution in [0.4, 0.5) is 4.39 Å². The molecule has 2 aliphatic rings. The molecular formula is C19H29FN2O. The van der Waals surface area contributed by atoms with Crippen molar-refractivity contribution in [1.82, 2.24) is 10.3 Å². The van der Waals surface area contributed by atoms with Crippen LogP contribution in [0.3, 0.4) is 0 Å². The summed E-state index contributed by atoms with van der Waals surface area (Å²) >= 11 is 0. The number of nitrogens with zero attached hydrogens (tertiary/aromatic N) is 1. The summed E-state index contributed by atoms with van der Waals surface area (Å²) in [6.45, 7) is 4.84. The molecule has 4 heteroatoms. The summed E-state index contributed by atoms with van der Waals surface area (Å²) in [5.74, 6) is 0.427. The molecule has 2 atom stereocenters. The second-order valence-electron chi connectivity index (χ2n) is 8.25. The quantitative estimate of drug-likeness (QED) is 0.833. The molecule has 23 heavy (non-hydrogen) atoms. The molecule has 2 aliphatic carbocycles. The van der Waals surface area contributed by atoms with E-state index in [1.807, 2.05) is 0 Å². The fourth-order valence-electron chi connectivity index (χ4n) is 4.38. The Bertz CT molecular complexity index is 540. The first-order valence-electron chi connectivity index (χ1n) is 8.94. The molecule has 128 valence electrons. The van der Waals surface area contributed by atoms with Crippen LogP contribution in [-0.2, 0) is 0 Å². The predicted octanol–water partition coefficient (Wildman–Crippen LogP) is 3.98. The van der Waals surface area contributed by atoms with Crippen molar-refractivity contribution in [2.24, 2.45) is 11.3 Å². The Kier molecular flexibility index (Phi) is 4.75. The number of aromatic nitrogens is 1. The van der Waals surface area contributed by atoms with Crippen LogP contribution in [-0.4, -0.2) is 22.2 Å². The maximum atomic E-state index is 13.2. The number of rotatable bonds is 6. The molecule has 2 saturated carbocycles. The summed E-state index contributed by atoms with van der Waals surface area (Å²) in [6.07, 6.45) is 11.5. The van der Waals surface area contributed by atoms with E-state index in [-0.39, 0.29) is 5.54 Å². The molecule has 1 aromatic rings. The Morgan fingerprint density at radius 3 is 2.78 bits per heavy atom. The smallest absolute Gasteiger partial charge is 0.141 e. The third-order valence-electron chi connectivity index (χ3n) is 5.85. The lowest BCUT2D eigenvalue weighted by atomic mass is 9.82. The fraction of sp³-hybridized carbons (Fsp3) is 0.737. The first-order valence-corrected chi connectivity index (χ1v) is 8.94. The highest BCUT2D eigenvalue weighted by Gasteiger charge is 2.54. The summed E-state index contributed by atoms with van der Waals surface area (Å²) < 4.78 is 13.2. The van der Waals surface area contributed by atoms with E-state index < -0.39 is 11.9 Å². The largest absolute Gasteiger partial charge is 0.387 e. The van der Waals surface area contributed by atoms with Crippen molar-refractivity contribution in [1.29, 1.82) is 0 Å². The molecule has 1 aromatic heterocycles. The normalized spacial score (nSPS) is 24.6. The Labute approximate surface area is 138 Å². The van der Waals surface area contributed by atoms with Crippen LogP contribution < -0.4 is 5.32 Å². The van der Waals surface area contributed by atoms with Gasteiger partial charge in [-0.25, -0.2) is 4.39 Å². The van der Waals surface area contributed by atoms with Gasteiger partial charge in [0.25, 0.3) is 0 Å². The van der Waals surface area contributed by atoms with Crippen LogP contribution in [0.5, 0.6) is 0 Å². The summed E-state index contributed by atoms with van der Waals surface area (Å²) in [5.41, 5.74) is 1.17. The van der Waals surface area contributed by atoms with Gasteiger partial charge in [-0.05, 0) is 56.9 Å². The van der Waals surface area contributed by atoms with Gasteiger partial charge in [-0.2, -0.15) is 0 Å². The van der Waals surface area contributed by atoms with Gasteiger partial charge in [-0.1, -0.05) is 19.3 Å². The lowest BCUT2D eigenvalue weighted by Gasteiger charge is -2.30. The van der Waals surface area contributed by atoms with Crippen molar-refractivity contribution in [2.75, 3.05) is 6.54 Å². The van der Waals surface area contributed by atoms with Crippen molar-refractivity contribution in [3.63, 3.8) is 0 Å².